The van der Waals surface area contributed by atoms with Crippen LogP contribution in [0.5, 0.6) is 0 Å². The maximum atomic E-state index is 11.5. The molecule has 2 aromatic rings. The van der Waals surface area contributed by atoms with E-state index in [1.807, 2.05) is 26.0 Å². The van der Waals surface area contributed by atoms with Crippen molar-refractivity contribution in [3.63, 3.8) is 0 Å². The van der Waals surface area contributed by atoms with E-state index in [2.05, 4.69) is 5.10 Å². The molecule has 0 aliphatic carbocycles. The molecule has 0 atom stereocenters. The van der Waals surface area contributed by atoms with Crippen LogP contribution < -0.4 is 0 Å². The molecule has 1 heterocycles. The first-order chi connectivity index (χ1) is 7.52. The summed E-state index contributed by atoms with van der Waals surface area (Å²) in [5, 5.41) is 5.82. The zero-order valence-corrected chi connectivity index (χ0v) is 10.2. The van der Waals surface area contributed by atoms with Gasteiger partial charge >= 0.3 is 0 Å². The number of halogens is 1. The average Bonchev–Trinajstić information content (AvgIpc) is 2.56. The zero-order chi connectivity index (χ0) is 11.9. The fourth-order valence-electron chi connectivity index (χ4n) is 1.72. The highest BCUT2D eigenvalue weighted by Crippen LogP contribution is 2.28. The molecule has 0 fully saturated rings. The van der Waals surface area contributed by atoms with Gasteiger partial charge in [0, 0.05) is 17.0 Å². The first-order valence-corrected chi connectivity index (χ1v) is 5.58. The summed E-state index contributed by atoms with van der Waals surface area (Å²) in [5.41, 5.74) is 1.31. The van der Waals surface area contributed by atoms with Crippen molar-refractivity contribution in [2.24, 2.45) is 0 Å². The van der Waals surface area contributed by atoms with Crippen LogP contribution >= 0.6 is 11.6 Å². The molecular formula is C12H13ClN2O. The number of carbonyl (C=O) groups excluding carboxylic acids is 1. The average molecular weight is 237 g/mol. The maximum Gasteiger partial charge on any atom is 0.162 e. The zero-order valence-electron chi connectivity index (χ0n) is 9.49. The Morgan fingerprint density at radius 3 is 2.69 bits per heavy atom. The van der Waals surface area contributed by atoms with Gasteiger partial charge < -0.3 is 0 Å². The van der Waals surface area contributed by atoms with Crippen molar-refractivity contribution < 1.29 is 4.79 Å². The van der Waals surface area contributed by atoms with E-state index < -0.39 is 0 Å². The van der Waals surface area contributed by atoms with Gasteiger partial charge in [-0.15, -0.1) is 0 Å². The van der Waals surface area contributed by atoms with Crippen LogP contribution in [0.2, 0.25) is 5.15 Å². The summed E-state index contributed by atoms with van der Waals surface area (Å²) < 4.78 is 1.73. The van der Waals surface area contributed by atoms with Crippen LogP contribution in [0.3, 0.4) is 0 Å². The molecule has 0 unspecified atom stereocenters. The van der Waals surface area contributed by atoms with E-state index in [1.165, 1.54) is 6.92 Å². The van der Waals surface area contributed by atoms with Gasteiger partial charge in [0.25, 0.3) is 0 Å². The van der Waals surface area contributed by atoms with E-state index in [4.69, 9.17) is 11.6 Å². The Hall–Kier alpha value is -1.35. The molecule has 0 saturated carbocycles. The summed E-state index contributed by atoms with van der Waals surface area (Å²) in [6.07, 6.45) is 0. The highest BCUT2D eigenvalue weighted by Gasteiger charge is 2.15. The number of Topliss-reactive ketones (excluding diaryl/α,β-unsaturated/α-hetero) is 1. The number of ketones is 1. The van der Waals surface area contributed by atoms with Gasteiger partial charge in [0.2, 0.25) is 0 Å². The number of hydrogen-bond donors (Lipinski definition) is 0. The molecule has 3 nitrogen and oxygen atoms in total. The first kappa shape index (κ1) is 11.1. The van der Waals surface area contributed by atoms with E-state index in [0.717, 1.165) is 5.39 Å². The molecule has 0 aliphatic heterocycles. The molecule has 0 aliphatic rings. The van der Waals surface area contributed by atoms with Crippen molar-refractivity contribution in [3.05, 3.63) is 28.9 Å². The molecule has 0 bridgehead atoms. The Bertz CT molecular complexity index is 557. The van der Waals surface area contributed by atoms with Crippen molar-refractivity contribution in [1.82, 2.24) is 9.78 Å². The van der Waals surface area contributed by atoms with E-state index in [-0.39, 0.29) is 11.8 Å². The van der Waals surface area contributed by atoms with Gasteiger partial charge in [-0.1, -0.05) is 17.7 Å². The fraction of sp³-hybridized carbons (Fsp3) is 0.333. The molecule has 4 heteroatoms. The molecule has 0 radical (unpaired) electrons. The predicted molar refractivity (Wildman–Crippen MR) is 65.1 cm³/mol. The SMILES string of the molecule is CC(=O)c1cccc2c(Cl)n(C(C)C)nc12. The van der Waals surface area contributed by atoms with E-state index in [1.54, 1.807) is 10.7 Å². The lowest BCUT2D eigenvalue weighted by molar-refractivity contribution is 0.101. The minimum Gasteiger partial charge on any atom is -0.294 e. The van der Waals surface area contributed by atoms with Crippen LogP contribution in [0.25, 0.3) is 10.9 Å². The fourth-order valence-corrected chi connectivity index (χ4v) is 2.10. The Morgan fingerprint density at radius 2 is 2.12 bits per heavy atom. The maximum absolute atomic E-state index is 11.5. The number of carbonyl (C=O) groups is 1. The minimum atomic E-state index is 0.00988. The summed E-state index contributed by atoms with van der Waals surface area (Å²) in [6, 6.07) is 5.67. The summed E-state index contributed by atoms with van der Waals surface area (Å²) in [5.74, 6) is 0.00988. The largest absolute Gasteiger partial charge is 0.294 e. The molecule has 2 rings (SSSR count). The van der Waals surface area contributed by atoms with Gasteiger partial charge in [-0.25, -0.2) is 0 Å². The Labute approximate surface area is 99.0 Å². The second-order valence-electron chi connectivity index (χ2n) is 4.09. The molecule has 1 aromatic heterocycles. The summed E-state index contributed by atoms with van der Waals surface area (Å²) in [4.78, 5) is 11.5. The molecule has 84 valence electrons. The third-order valence-electron chi connectivity index (χ3n) is 2.54. The predicted octanol–water partition coefficient (Wildman–Crippen LogP) is 3.47. The highest BCUT2D eigenvalue weighted by atomic mass is 35.5. The lowest BCUT2D eigenvalue weighted by Crippen LogP contribution is -2.02. The van der Waals surface area contributed by atoms with Crippen molar-refractivity contribution in [1.29, 1.82) is 0 Å². The number of nitrogens with zero attached hydrogens (tertiary/aromatic N) is 2. The van der Waals surface area contributed by atoms with Crippen LogP contribution in [-0.4, -0.2) is 15.6 Å². The molecule has 16 heavy (non-hydrogen) atoms. The highest BCUT2D eigenvalue weighted by molar-refractivity contribution is 6.35. The second-order valence-corrected chi connectivity index (χ2v) is 4.45. The normalized spacial score (nSPS) is 11.3. The van der Waals surface area contributed by atoms with Crippen LogP contribution in [0.1, 0.15) is 37.2 Å². The lowest BCUT2D eigenvalue weighted by atomic mass is 10.1. The monoisotopic (exact) mass is 236 g/mol. The van der Waals surface area contributed by atoms with Crippen molar-refractivity contribution >= 4 is 28.3 Å². The van der Waals surface area contributed by atoms with E-state index >= 15 is 0 Å². The second kappa shape index (κ2) is 3.91. The van der Waals surface area contributed by atoms with Crippen LogP contribution in [0.4, 0.5) is 0 Å². The molecule has 0 amide bonds. The van der Waals surface area contributed by atoms with Crippen LogP contribution in [0.15, 0.2) is 18.2 Å². The first-order valence-electron chi connectivity index (χ1n) is 5.20. The molecule has 0 spiro atoms. The summed E-state index contributed by atoms with van der Waals surface area (Å²) in [6.45, 7) is 5.55. The Balaban J connectivity index is 2.80. The van der Waals surface area contributed by atoms with Gasteiger partial charge in [-0.05, 0) is 32.9 Å². The van der Waals surface area contributed by atoms with Crippen molar-refractivity contribution in [2.45, 2.75) is 26.8 Å². The van der Waals surface area contributed by atoms with Crippen molar-refractivity contribution in [2.75, 3.05) is 0 Å². The Morgan fingerprint density at radius 1 is 1.44 bits per heavy atom. The van der Waals surface area contributed by atoms with Gasteiger partial charge in [-0.3, -0.25) is 9.48 Å². The minimum absolute atomic E-state index is 0.00988. The Kier molecular flexibility index (Phi) is 2.72. The molecule has 0 saturated heterocycles. The van der Waals surface area contributed by atoms with Crippen LogP contribution in [0, 0.1) is 0 Å². The number of fused-ring (bicyclic) bond motifs is 1. The van der Waals surface area contributed by atoms with Gasteiger partial charge in [-0.2, -0.15) is 5.10 Å². The number of rotatable bonds is 2. The van der Waals surface area contributed by atoms with Gasteiger partial charge in [0.1, 0.15) is 10.7 Å². The molecular weight excluding hydrogens is 224 g/mol. The van der Waals surface area contributed by atoms with E-state index in [9.17, 15) is 4.79 Å². The quantitative estimate of drug-likeness (QED) is 0.749. The van der Waals surface area contributed by atoms with Crippen LogP contribution in [-0.2, 0) is 0 Å². The third-order valence-corrected chi connectivity index (χ3v) is 2.91. The van der Waals surface area contributed by atoms with Crippen molar-refractivity contribution in [3.8, 4) is 0 Å². The van der Waals surface area contributed by atoms with Gasteiger partial charge in [0.15, 0.2) is 5.78 Å². The topological polar surface area (TPSA) is 34.9 Å². The number of hydrogen-bond acceptors (Lipinski definition) is 2. The third kappa shape index (κ3) is 1.61. The molecule has 0 N–H and O–H groups in total. The standard InChI is InChI=1S/C12H13ClN2O/c1-7(2)15-12(13)10-6-4-5-9(8(3)16)11(10)14-15/h4-7H,1-3H3. The lowest BCUT2D eigenvalue weighted by Gasteiger charge is -2.05. The molecule has 1 aromatic carbocycles. The summed E-state index contributed by atoms with van der Waals surface area (Å²) in [7, 11) is 0. The summed E-state index contributed by atoms with van der Waals surface area (Å²) >= 11 is 6.22. The van der Waals surface area contributed by atoms with E-state index in [0.29, 0.717) is 16.2 Å². The number of benzene rings is 1. The smallest absolute Gasteiger partial charge is 0.162 e. The number of aromatic nitrogens is 2. The van der Waals surface area contributed by atoms with Gasteiger partial charge in [0.05, 0.1) is 0 Å².